The van der Waals surface area contributed by atoms with Gasteiger partial charge in [0, 0.05) is 63.0 Å². The van der Waals surface area contributed by atoms with E-state index < -0.39 is 0 Å². The third kappa shape index (κ3) is 4.85. The number of hydrogen-bond acceptors (Lipinski definition) is 7. The van der Waals surface area contributed by atoms with E-state index in [9.17, 15) is 4.79 Å². The summed E-state index contributed by atoms with van der Waals surface area (Å²) in [5.41, 5.74) is 2.12. The van der Waals surface area contributed by atoms with Crippen LogP contribution < -0.4 is 10.2 Å². The molecule has 31 heavy (non-hydrogen) atoms. The molecule has 1 N–H and O–H groups in total. The minimum absolute atomic E-state index is 0.0861. The fourth-order valence-electron chi connectivity index (χ4n) is 4.34. The zero-order chi connectivity index (χ0) is 21.0. The number of aryl methyl sites for hydroxylation is 1. The zero-order valence-electron chi connectivity index (χ0n) is 17.5. The Morgan fingerprint density at radius 1 is 1.16 bits per heavy atom. The summed E-state index contributed by atoms with van der Waals surface area (Å²) in [5, 5.41) is 4.20. The molecule has 1 unspecified atom stereocenters. The fourth-order valence-corrected chi connectivity index (χ4v) is 5.31. The van der Waals surface area contributed by atoms with Gasteiger partial charge < -0.3 is 15.0 Å². The molecule has 2 aliphatic heterocycles. The smallest absolute Gasteiger partial charge is 0.225 e. The predicted molar refractivity (Wildman–Crippen MR) is 122 cm³/mol. The molecule has 1 aromatic carbocycles. The Bertz CT molecular complexity index is 1020. The van der Waals surface area contributed by atoms with Crippen molar-refractivity contribution < 1.29 is 9.53 Å². The van der Waals surface area contributed by atoms with Crippen LogP contribution in [0.4, 0.5) is 5.95 Å². The van der Waals surface area contributed by atoms with Crippen LogP contribution in [0.2, 0.25) is 0 Å². The third-order valence-electron chi connectivity index (χ3n) is 6.04. The Labute approximate surface area is 185 Å². The van der Waals surface area contributed by atoms with Gasteiger partial charge in [0.05, 0.1) is 15.2 Å². The first kappa shape index (κ1) is 20.3. The molecule has 2 aromatic heterocycles. The molecule has 0 saturated carbocycles. The molecule has 8 heteroatoms. The number of para-hydroxylation sites is 1. The van der Waals surface area contributed by atoms with Crippen molar-refractivity contribution >= 4 is 33.4 Å². The number of amides is 1. The van der Waals surface area contributed by atoms with E-state index in [1.807, 2.05) is 30.5 Å². The Morgan fingerprint density at radius 2 is 2.03 bits per heavy atom. The Balaban J connectivity index is 1.13. The molecule has 162 valence electrons. The summed E-state index contributed by atoms with van der Waals surface area (Å²) in [6, 6.07) is 10.3. The van der Waals surface area contributed by atoms with E-state index >= 15 is 0 Å². The molecule has 0 bridgehead atoms. The molecule has 3 aromatic rings. The SMILES string of the molecule is O=C(CCc1nc2ccccc2s1)NC1CCN(c2nccc(C3CCOCC3)n2)C1. The highest BCUT2D eigenvalue weighted by atomic mass is 32.1. The van der Waals surface area contributed by atoms with Gasteiger partial charge in [-0.3, -0.25) is 4.79 Å². The number of carbonyl (C=O) groups excluding carboxylic acids is 1. The van der Waals surface area contributed by atoms with Crippen molar-refractivity contribution in [3.63, 3.8) is 0 Å². The highest BCUT2D eigenvalue weighted by molar-refractivity contribution is 7.18. The summed E-state index contributed by atoms with van der Waals surface area (Å²) in [6.07, 6.45) is 5.95. The van der Waals surface area contributed by atoms with Crippen LogP contribution >= 0.6 is 11.3 Å². The number of thiazole rings is 1. The first-order valence-electron chi connectivity index (χ1n) is 11.0. The lowest BCUT2D eigenvalue weighted by Crippen LogP contribution is -2.37. The number of aromatic nitrogens is 3. The maximum Gasteiger partial charge on any atom is 0.225 e. The average Bonchev–Trinajstić information content (AvgIpc) is 3.45. The maximum absolute atomic E-state index is 12.5. The van der Waals surface area contributed by atoms with E-state index in [1.165, 1.54) is 4.70 Å². The number of rotatable bonds is 6. The second kappa shape index (κ2) is 9.28. The highest BCUT2D eigenvalue weighted by Gasteiger charge is 2.26. The number of carbonyl (C=O) groups is 1. The first-order chi connectivity index (χ1) is 15.2. The van der Waals surface area contributed by atoms with E-state index in [-0.39, 0.29) is 11.9 Å². The number of nitrogens with zero attached hydrogens (tertiary/aromatic N) is 4. The number of anilines is 1. The molecule has 5 rings (SSSR count). The Hall–Kier alpha value is -2.58. The number of fused-ring (bicyclic) bond motifs is 1. The predicted octanol–water partition coefficient (Wildman–Crippen LogP) is 3.31. The second-order valence-corrected chi connectivity index (χ2v) is 9.36. The van der Waals surface area contributed by atoms with Crippen LogP contribution in [0.5, 0.6) is 0 Å². The van der Waals surface area contributed by atoms with Gasteiger partial charge in [0.2, 0.25) is 11.9 Å². The van der Waals surface area contributed by atoms with Crippen LogP contribution in [-0.4, -0.2) is 53.2 Å². The molecular formula is C23H27N5O2S. The standard InChI is InChI=1S/C23H27N5O2S/c29-21(5-6-22-26-19-3-1-2-4-20(19)31-22)25-17-8-12-28(15-17)23-24-11-7-18(27-23)16-9-13-30-14-10-16/h1-4,7,11,16-17H,5-6,8-10,12-15H2,(H,25,29). The van der Waals surface area contributed by atoms with Gasteiger partial charge in [-0.25, -0.2) is 15.0 Å². The quantitative estimate of drug-likeness (QED) is 0.637. The summed E-state index contributed by atoms with van der Waals surface area (Å²) < 4.78 is 6.64. The van der Waals surface area contributed by atoms with Gasteiger partial charge in [-0.2, -0.15) is 0 Å². The van der Waals surface area contributed by atoms with Crippen molar-refractivity contribution in [2.75, 3.05) is 31.2 Å². The van der Waals surface area contributed by atoms with Crippen molar-refractivity contribution in [2.45, 2.75) is 44.1 Å². The maximum atomic E-state index is 12.5. The number of nitrogens with one attached hydrogen (secondary N) is 1. The molecule has 2 aliphatic rings. The number of ether oxygens (including phenoxy) is 1. The molecule has 2 fully saturated rings. The lowest BCUT2D eigenvalue weighted by atomic mass is 9.96. The second-order valence-electron chi connectivity index (χ2n) is 8.24. The lowest BCUT2D eigenvalue weighted by Gasteiger charge is -2.23. The van der Waals surface area contributed by atoms with Gasteiger partial charge in [0.15, 0.2) is 0 Å². The number of benzene rings is 1. The molecule has 2 saturated heterocycles. The van der Waals surface area contributed by atoms with Crippen molar-refractivity contribution in [3.05, 3.63) is 47.2 Å². The third-order valence-corrected chi connectivity index (χ3v) is 7.14. The minimum Gasteiger partial charge on any atom is -0.381 e. The largest absolute Gasteiger partial charge is 0.381 e. The van der Waals surface area contributed by atoms with E-state index in [2.05, 4.69) is 26.3 Å². The summed E-state index contributed by atoms with van der Waals surface area (Å²) in [7, 11) is 0. The fraction of sp³-hybridized carbons (Fsp3) is 0.478. The monoisotopic (exact) mass is 437 g/mol. The van der Waals surface area contributed by atoms with Gasteiger partial charge in [0.1, 0.15) is 0 Å². The van der Waals surface area contributed by atoms with Gasteiger partial charge in [-0.1, -0.05) is 12.1 Å². The molecule has 7 nitrogen and oxygen atoms in total. The van der Waals surface area contributed by atoms with Crippen LogP contribution in [0.3, 0.4) is 0 Å². The van der Waals surface area contributed by atoms with E-state index in [0.29, 0.717) is 18.8 Å². The van der Waals surface area contributed by atoms with Crippen molar-refractivity contribution in [2.24, 2.45) is 0 Å². The normalized spacial score (nSPS) is 19.7. The molecule has 0 spiro atoms. The molecule has 0 radical (unpaired) electrons. The minimum atomic E-state index is 0.0861. The first-order valence-corrected chi connectivity index (χ1v) is 11.9. The zero-order valence-corrected chi connectivity index (χ0v) is 18.3. The van der Waals surface area contributed by atoms with Crippen LogP contribution in [-0.2, 0) is 16.0 Å². The van der Waals surface area contributed by atoms with Gasteiger partial charge in [-0.05, 0) is 37.5 Å². The van der Waals surface area contributed by atoms with Gasteiger partial charge >= 0.3 is 0 Å². The molecule has 1 amide bonds. The Kier molecular flexibility index (Phi) is 6.08. The topological polar surface area (TPSA) is 80.2 Å². The highest BCUT2D eigenvalue weighted by Crippen LogP contribution is 2.27. The number of hydrogen-bond donors (Lipinski definition) is 1. The Morgan fingerprint density at radius 3 is 2.90 bits per heavy atom. The van der Waals surface area contributed by atoms with Crippen LogP contribution in [0.1, 0.15) is 42.3 Å². The molecule has 0 aliphatic carbocycles. The van der Waals surface area contributed by atoms with Crippen LogP contribution in [0.25, 0.3) is 10.2 Å². The molecule has 1 atom stereocenters. The van der Waals surface area contributed by atoms with Crippen molar-refractivity contribution in [1.82, 2.24) is 20.3 Å². The summed E-state index contributed by atoms with van der Waals surface area (Å²) in [5.74, 6) is 1.31. The lowest BCUT2D eigenvalue weighted by molar-refractivity contribution is -0.121. The average molecular weight is 438 g/mol. The molecule has 4 heterocycles. The van der Waals surface area contributed by atoms with Crippen LogP contribution in [0, 0.1) is 0 Å². The van der Waals surface area contributed by atoms with Crippen molar-refractivity contribution in [3.8, 4) is 0 Å². The summed E-state index contributed by atoms with van der Waals surface area (Å²) in [4.78, 5) is 28.6. The van der Waals surface area contributed by atoms with Crippen molar-refractivity contribution in [1.29, 1.82) is 0 Å². The van der Waals surface area contributed by atoms with E-state index in [0.717, 1.165) is 67.7 Å². The van der Waals surface area contributed by atoms with Gasteiger partial charge in [-0.15, -0.1) is 11.3 Å². The van der Waals surface area contributed by atoms with E-state index in [1.54, 1.807) is 11.3 Å². The summed E-state index contributed by atoms with van der Waals surface area (Å²) >= 11 is 1.67. The van der Waals surface area contributed by atoms with Gasteiger partial charge in [0.25, 0.3) is 0 Å². The van der Waals surface area contributed by atoms with E-state index in [4.69, 9.17) is 9.72 Å². The van der Waals surface area contributed by atoms with Crippen LogP contribution in [0.15, 0.2) is 36.5 Å². The summed E-state index contributed by atoms with van der Waals surface area (Å²) in [6.45, 7) is 3.22. The molecular weight excluding hydrogens is 410 g/mol.